The van der Waals surface area contributed by atoms with E-state index in [1.165, 1.54) is 4.31 Å². The van der Waals surface area contributed by atoms with Crippen LogP contribution in [0.2, 0.25) is 0 Å². The summed E-state index contributed by atoms with van der Waals surface area (Å²) in [7, 11) is -1.90. The Bertz CT molecular complexity index is 509. The van der Waals surface area contributed by atoms with Crippen molar-refractivity contribution in [3.63, 3.8) is 0 Å². The van der Waals surface area contributed by atoms with Crippen LogP contribution < -0.4 is 4.72 Å². The summed E-state index contributed by atoms with van der Waals surface area (Å²) >= 11 is 3.37. The SMILES string of the molecule is CN(Cc1cccc(Br)c1)S(=O)(=O)NC(C)(C)C. The Hall–Kier alpha value is -0.430. The number of hydrogen-bond acceptors (Lipinski definition) is 2. The number of rotatable bonds is 4. The first-order valence-corrected chi connectivity index (χ1v) is 7.83. The van der Waals surface area contributed by atoms with Gasteiger partial charge in [0.1, 0.15) is 0 Å². The van der Waals surface area contributed by atoms with Crippen LogP contribution in [0.5, 0.6) is 0 Å². The van der Waals surface area contributed by atoms with E-state index < -0.39 is 15.7 Å². The first kappa shape index (κ1) is 15.6. The Morgan fingerprint density at radius 3 is 2.44 bits per heavy atom. The van der Waals surface area contributed by atoms with Gasteiger partial charge in [-0.2, -0.15) is 17.4 Å². The smallest absolute Gasteiger partial charge is 0.197 e. The Morgan fingerprint density at radius 2 is 1.94 bits per heavy atom. The molecule has 0 saturated heterocycles. The zero-order valence-electron chi connectivity index (χ0n) is 11.1. The molecule has 18 heavy (non-hydrogen) atoms. The highest BCUT2D eigenvalue weighted by Crippen LogP contribution is 2.14. The van der Waals surface area contributed by atoms with Gasteiger partial charge in [0, 0.05) is 23.6 Å². The van der Waals surface area contributed by atoms with Crippen LogP contribution in [0.3, 0.4) is 0 Å². The van der Waals surface area contributed by atoms with Gasteiger partial charge in [0.25, 0.3) is 10.2 Å². The van der Waals surface area contributed by atoms with Gasteiger partial charge in [0.2, 0.25) is 0 Å². The molecular weight excluding hydrogens is 316 g/mol. The molecular formula is C12H19BrN2O2S. The monoisotopic (exact) mass is 334 g/mol. The molecule has 0 aliphatic heterocycles. The summed E-state index contributed by atoms with van der Waals surface area (Å²) < 4.78 is 28.9. The molecule has 0 bridgehead atoms. The lowest BCUT2D eigenvalue weighted by atomic mass is 10.1. The van der Waals surface area contributed by atoms with Crippen molar-refractivity contribution in [2.75, 3.05) is 7.05 Å². The van der Waals surface area contributed by atoms with Crippen molar-refractivity contribution in [1.82, 2.24) is 9.03 Å². The van der Waals surface area contributed by atoms with Gasteiger partial charge in [-0.15, -0.1) is 0 Å². The Balaban J connectivity index is 2.79. The summed E-state index contributed by atoms with van der Waals surface area (Å²) in [4.78, 5) is 0. The maximum Gasteiger partial charge on any atom is 0.279 e. The minimum atomic E-state index is -3.46. The third-order valence-corrected chi connectivity index (χ3v) is 4.45. The first-order chi connectivity index (χ1) is 8.10. The third kappa shape index (κ3) is 5.06. The highest BCUT2D eigenvalue weighted by Gasteiger charge is 2.24. The number of benzene rings is 1. The van der Waals surface area contributed by atoms with Gasteiger partial charge in [0.05, 0.1) is 0 Å². The van der Waals surface area contributed by atoms with Gasteiger partial charge in [-0.05, 0) is 38.5 Å². The zero-order chi connectivity index (χ0) is 14.0. The predicted octanol–water partition coefficient (Wildman–Crippen LogP) is 2.51. The fraction of sp³-hybridized carbons (Fsp3) is 0.500. The summed E-state index contributed by atoms with van der Waals surface area (Å²) in [6, 6.07) is 7.60. The molecule has 0 unspecified atom stereocenters. The molecule has 0 aliphatic carbocycles. The van der Waals surface area contributed by atoms with E-state index in [2.05, 4.69) is 20.7 Å². The average molecular weight is 335 g/mol. The molecule has 0 aliphatic rings. The topological polar surface area (TPSA) is 49.4 Å². The van der Waals surface area contributed by atoms with Gasteiger partial charge in [-0.3, -0.25) is 0 Å². The molecule has 0 atom stereocenters. The summed E-state index contributed by atoms with van der Waals surface area (Å²) in [5.74, 6) is 0. The van der Waals surface area contributed by atoms with Gasteiger partial charge < -0.3 is 0 Å². The second-order valence-electron chi connectivity index (χ2n) is 5.24. The van der Waals surface area contributed by atoms with Crippen molar-refractivity contribution in [3.8, 4) is 0 Å². The largest absolute Gasteiger partial charge is 0.279 e. The number of nitrogens with one attached hydrogen (secondary N) is 1. The Kier molecular flexibility index (Phi) is 4.94. The van der Waals surface area contributed by atoms with Crippen LogP contribution >= 0.6 is 15.9 Å². The van der Waals surface area contributed by atoms with Crippen LogP contribution in [0.4, 0.5) is 0 Å². The Labute approximate surface area is 118 Å². The van der Waals surface area contributed by atoms with E-state index in [-0.39, 0.29) is 0 Å². The molecule has 0 amide bonds. The lowest BCUT2D eigenvalue weighted by Crippen LogP contribution is -2.47. The van der Waals surface area contributed by atoms with Crippen molar-refractivity contribution in [2.45, 2.75) is 32.9 Å². The molecule has 1 rings (SSSR count). The van der Waals surface area contributed by atoms with E-state index in [1.54, 1.807) is 7.05 Å². The second kappa shape index (κ2) is 5.69. The van der Waals surface area contributed by atoms with Crippen molar-refractivity contribution in [3.05, 3.63) is 34.3 Å². The fourth-order valence-corrected chi connectivity index (χ4v) is 3.14. The van der Waals surface area contributed by atoms with Crippen LogP contribution in [0.15, 0.2) is 28.7 Å². The van der Waals surface area contributed by atoms with E-state index in [0.717, 1.165) is 10.0 Å². The van der Waals surface area contributed by atoms with E-state index in [4.69, 9.17) is 0 Å². The molecule has 1 aromatic carbocycles. The summed E-state index contributed by atoms with van der Waals surface area (Å²) in [6.07, 6.45) is 0. The normalized spacial score (nSPS) is 13.0. The lowest BCUT2D eigenvalue weighted by molar-refractivity contribution is 0.421. The van der Waals surface area contributed by atoms with Gasteiger partial charge >= 0.3 is 0 Å². The minimum Gasteiger partial charge on any atom is -0.197 e. The molecule has 0 saturated carbocycles. The molecule has 6 heteroatoms. The molecule has 0 aromatic heterocycles. The zero-order valence-corrected chi connectivity index (χ0v) is 13.5. The van der Waals surface area contributed by atoms with Crippen LogP contribution in [0, 0.1) is 0 Å². The summed E-state index contributed by atoms with van der Waals surface area (Å²) in [5, 5.41) is 0. The highest BCUT2D eigenvalue weighted by atomic mass is 79.9. The minimum absolute atomic E-state index is 0.338. The van der Waals surface area contributed by atoms with Crippen molar-refractivity contribution in [1.29, 1.82) is 0 Å². The van der Waals surface area contributed by atoms with Crippen molar-refractivity contribution < 1.29 is 8.42 Å². The molecule has 4 nitrogen and oxygen atoms in total. The fourth-order valence-electron chi connectivity index (χ4n) is 1.44. The summed E-state index contributed by atoms with van der Waals surface area (Å²) in [6.45, 7) is 5.79. The van der Waals surface area contributed by atoms with E-state index >= 15 is 0 Å². The van der Waals surface area contributed by atoms with Crippen LogP contribution in [-0.2, 0) is 16.8 Å². The molecule has 0 spiro atoms. The van der Waals surface area contributed by atoms with Crippen molar-refractivity contribution in [2.24, 2.45) is 0 Å². The maximum absolute atomic E-state index is 12.0. The maximum atomic E-state index is 12.0. The molecule has 1 N–H and O–H groups in total. The molecule has 0 fully saturated rings. The number of nitrogens with zero attached hydrogens (tertiary/aromatic N) is 1. The molecule has 102 valence electrons. The second-order valence-corrected chi connectivity index (χ2v) is 7.94. The third-order valence-electron chi connectivity index (χ3n) is 2.14. The molecule has 0 heterocycles. The number of hydrogen-bond donors (Lipinski definition) is 1. The quantitative estimate of drug-likeness (QED) is 0.919. The van der Waals surface area contributed by atoms with Gasteiger partial charge in [-0.25, -0.2) is 0 Å². The standard InChI is InChI=1S/C12H19BrN2O2S/c1-12(2,3)14-18(16,17)15(4)9-10-6-5-7-11(13)8-10/h5-8,14H,9H2,1-4H3. The van der Waals surface area contributed by atoms with E-state index in [0.29, 0.717) is 6.54 Å². The lowest BCUT2D eigenvalue weighted by Gasteiger charge is -2.25. The Morgan fingerprint density at radius 1 is 1.33 bits per heavy atom. The summed E-state index contributed by atoms with van der Waals surface area (Å²) in [5.41, 5.74) is 0.454. The van der Waals surface area contributed by atoms with Crippen LogP contribution in [0.1, 0.15) is 26.3 Å². The predicted molar refractivity (Wildman–Crippen MR) is 77.4 cm³/mol. The van der Waals surface area contributed by atoms with Crippen molar-refractivity contribution >= 4 is 26.1 Å². The first-order valence-electron chi connectivity index (χ1n) is 5.60. The van der Waals surface area contributed by atoms with E-state index in [9.17, 15) is 8.42 Å². The van der Waals surface area contributed by atoms with E-state index in [1.807, 2.05) is 45.0 Å². The van der Waals surface area contributed by atoms with Crippen LogP contribution in [-0.4, -0.2) is 25.3 Å². The van der Waals surface area contributed by atoms with Gasteiger partial charge in [-0.1, -0.05) is 28.1 Å². The average Bonchev–Trinajstić information content (AvgIpc) is 2.13. The van der Waals surface area contributed by atoms with Crippen LogP contribution in [0.25, 0.3) is 0 Å². The number of halogens is 1. The molecule has 0 radical (unpaired) electrons. The highest BCUT2D eigenvalue weighted by molar-refractivity contribution is 9.10. The van der Waals surface area contributed by atoms with Gasteiger partial charge in [0.15, 0.2) is 0 Å². The molecule has 1 aromatic rings.